The Morgan fingerprint density at radius 2 is 1.82 bits per heavy atom. The summed E-state index contributed by atoms with van der Waals surface area (Å²) in [7, 11) is 0. The van der Waals surface area contributed by atoms with Gasteiger partial charge in [-0.25, -0.2) is 0 Å². The Morgan fingerprint density at radius 3 is 2.41 bits per heavy atom. The molecule has 1 aromatic rings. The number of halogens is 1. The summed E-state index contributed by atoms with van der Waals surface area (Å²) in [5, 5.41) is 0.198. The Balaban J connectivity index is 2.37. The number of esters is 2. The van der Waals surface area contributed by atoms with Crippen LogP contribution in [-0.2, 0) is 28.6 Å². The molecule has 0 saturated heterocycles. The van der Waals surface area contributed by atoms with E-state index in [0.29, 0.717) is 18.9 Å². The van der Waals surface area contributed by atoms with Crippen LogP contribution in [0.3, 0.4) is 0 Å². The van der Waals surface area contributed by atoms with Gasteiger partial charge in [0.2, 0.25) is 0 Å². The molecule has 8 nitrogen and oxygen atoms in total. The number of hydrogen-bond acceptors (Lipinski definition) is 8. The van der Waals surface area contributed by atoms with Crippen molar-refractivity contribution in [2.45, 2.75) is 71.8 Å². The minimum atomic E-state index is -2.14. The van der Waals surface area contributed by atoms with E-state index < -0.39 is 35.2 Å². The maximum Gasteiger partial charge on any atom is 0.328 e. The van der Waals surface area contributed by atoms with Gasteiger partial charge in [0.05, 0.1) is 11.6 Å². The highest BCUT2D eigenvalue weighted by Gasteiger charge is 2.54. The second kappa shape index (κ2) is 12.4. The van der Waals surface area contributed by atoms with Gasteiger partial charge in [0.15, 0.2) is 17.0 Å². The fourth-order valence-electron chi connectivity index (χ4n) is 3.45. The molecule has 0 amide bonds. The van der Waals surface area contributed by atoms with Crippen LogP contribution in [0.2, 0.25) is 5.02 Å². The van der Waals surface area contributed by atoms with Gasteiger partial charge in [-0.1, -0.05) is 18.0 Å². The van der Waals surface area contributed by atoms with E-state index in [1.165, 1.54) is 18.5 Å². The standard InChI is InChI=1S/C25H34ClNO7/c1-5-33-21(29)8-6-7-11-25(23(31)34-24(2,3)4,20(28)16-32-15-17-9-10-17)22(30)18-12-19(26)14-27-13-18/h12-14,17H,5-11,15-16H2,1-4H3. The molecule has 0 bridgehead atoms. The first-order valence-corrected chi connectivity index (χ1v) is 12.0. The van der Waals surface area contributed by atoms with Gasteiger partial charge in [0.25, 0.3) is 0 Å². The molecule has 1 aliphatic rings. The Bertz CT molecular complexity index is 891. The highest BCUT2D eigenvalue weighted by molar-refractivity contribution is 6.32. The smallest absolute Gasteiger partial charge is 0.328 e. The lowest BCUT2D eigenvalue weighted by atomic mass is 9.72. The van der Waals surface area contributed by atoms with Gasteiger partial charge in [-0.2, -0.15) is 0 Å². The van der Waals surface area contributed by atoms with Crippen LogP contribution in [0.5, 0.6) is 0 Å². The molecule has 1 aromatic heterocycles. The molecule has 1 unspecified atom stereocenters. The number of rotatable bonds is 14. The second-order valence-electron chi connectivity index (χ2n) is 9.52. The fourth-order valence-corrected chi connectivity index (χ4v) is 3.63. The maximum absolute atomic E-state index is 13.8. The zero-order chi connectivity index (χ0) is 25.4. The zero-order valence-electron chi connectivity index (χ0n) is 20.4. The molecule has 9 heteroatoms. The summed E-state index contributed by atoms with van der Waals surface area (Å²) in [4.78, 5) is 56.5. The predicted octanol–water partition coefficient (Wildman–Crippen LogP) is 4.37. The summed E-state index contributed by atoms with van der Waals surface area (Å²) in [5.41, 5.74) is -3.05. The van der Waals surface area contributed by atoms with Crippen LogP contribution in [0.15, 0.2) is 18.5 Å². The van der Waals surface area contributed by atoms with Crippen molar-refractivity contribution < 1.29 is 33.4 Å². The number of Topliss-reactive ketones (excluding diaryl/α,β-unsaturated/α-hetero) is 2. The van der Waals surface area contributed by atoms with E-state index in [-0.39, 0.29) is 42.4 Å². The summed E-state index contributed by atoms with van der Waals surface area (Å²) in [6.45, 7) is 6.96. The van der Waals surface area contributed by atoms with Crippen LogP contribution in [0.25, 0.3) is 0 Å². The minimum Gasteiger partial charge on any atom is -0.466 e. The Morgan fingerprint density at radius 1 is 1.12 bits per heavy atom. The Hall–Kier alpha value is -2.32. The van der Waals surface area contributed by atoms with Gasteiger partial charge in [-0.15, -0.1) is 0 Å². The van der Waals surface area contributed by atoms with E-state index in [4.69, 9.17) is 25.8 Å². The van der Waals surface area contributed by atoms with E-state index >= 15 is 0 Å². The number of ketones is 2. The maximum atomic E-state index is 13.8. The Labute approximate surface area is 205 Å². The Kier molecular flexibility index (Phi) is 10.2. The summed E-state index contributed by atoms with van der Waals surface area (Å²) >= 11 is 6.03. The van der Waals surface area contributed by atoms with Gasteiger partial charge in [0, 0.05) is 31.0 Å². The van der Waals surface area contributed by atoms with Gasteiger partial charge < -0.3 is 14.2 Å². The molecule has 1 atom stereocenters. The highest BCUT2D eigenvalue weighted by atomic mass is 35.5. The molecular weight excluding hydrogens is 462 g/mol. The van der Waals surface area contributed by atoms with E-state index in [1.807, 2.05) is 0 Å². The van der Waals surface area contributed by atoms with E-state index in [2.05, 4.69) is 4.98 Å². The monoisotopic (exact) mass is 495 g/mol. The lowest BCUT2D eigenvalue weighted by Gasteiger charge is -2.32. The predicted molar refractivity (Wildman–Crippen MR) is 126 cm³/mol. The van der Waals surface area contributed by atoms with Gasteiger partial charge in [-0.3, -0.25) is 24.2 Å². The number of ether oxygens (including phenoxy) is 3. The molecule has 1 heterocycles. The van der Waals surface area contributed by atoms with Crippen LogP contribution in [-0.4, -0.2) is 53.9 Å². The third-order valence-electron chi connectivity index (χ3n) is 5.35. The van der Waals surface area contributed by atoms with Crippen molar-refractivity contribution in [2.24, 2.45) is 11.3 Å². The molecule has 0 N–H and O–H groups in total. The van der Waals surface area contributed by atoms with Gasteiger partial charge in [0.1, 0.15) is 12.2 Å². The van der Waals surface area contributed by atoms with Crippen molar-refractivity contribution in [3.63, 3.8) is 0 Å². The average Bonchev–Trinajstić information content (AvgIpc) is 3.56. The van der Waals surface area contributed by atoms with Crippen molar-refractivity contribution in [2.75, 3.05) is 19.8 Å². The fraction of sp³-hybridized carbons (Fsp3) is 0.640. The number of hydrogen-bond donors (Lipinski definition) is 0. The number of nitrogens with zero attached hydrogens (tertiary/aromatic N) is 1. The molecule has 1 saturated carbocycles. The number of unbranched alkanes of at least 4 members (excludes halogenated alkanes) is 1. The molecular formula is C25H34ClNO7. The van der Waals surface area contributed by atoms with Crippen molar-refractivity contribution in [3.05, 3.63) is 29.0 Å². The van der Waals surface area contributed by atoms with Crippen LogP contribution in [0.1, 0.15) is 76.6 Å². The lowest BCUT2D eigenvalue weighted by Crippen LogP contribution is -2.51. The quantitative estimate of drug-likeness (QED) is 0.162. The lowest BCUT2D eigenvalue weighted by molar-refractivity contribution is -0.168. The summed E-state index contributed by atoms with van der Waals surface area (Å²) < 4.78 is 16.1. The third kappa shape index (κ3) is 8.17. The number of carbonyl (C=O) groups excluding carboxylic acids is 4. The number of pyridine rings is 1. The molecule has 0 aliphatic heterocycles. The van der Waals surface area contributed by atoms with E-state index in [1.54, 1.807) is 27.7 Å². The van der Waals surface area contributed by atoms with Gasteiger partial charge >= 0.3 is 11.9 Å². The van der Waals surface area contributed by atoms with E-state index in [0.717, 1.165) is 12.8 Å². The minimum absolute atomic E-state index is 0.0271. The summed E-state index contributed by atoms with van der Waals surface area (Å²) in [5.74, 6) is -2.34. The van der Waals surface area contributed by atoms with Crippen molar-refractivity contribution in [1.29, 1.82) is 0 Å². The second-order valence-corrected chi connectivity index (χ2v) is 9.96. The molecule has 0 aromatic carbocycles. The highest BCUT2D eigenvalue weighted by Crippen LogP contribution is 2.36. The first kappa shape index (κ1) is 27.9. The largest absolute Gasteiger partial charge is 0.466 e. The molecule has 34 heavy (non-hydrogen) atoms. The summed E-state index contributed by atoms with van der Waals surface area (Å²) in [6.07, 6.45) is 5.24. The topological polar surface area (TPSA) is 109 Å². The first-order chi connectivity index (χ1) is 16.0. The molecule has 0 spiro atoms. The first-order valence-electron chi connectivity index (χ1n) is 11.6. The molecule has 1 aliphatic carbocycles. The zero-order valence-corrected chi connectivity index (χ0v) is 21.1. The molecule has 2 rings (SSSR count). The molecule has 1 fully saturated rings. The van der Waals surface area contributed by atoms with Crippen LogP contribution < -0.4 is 0 Å². The van der Waals surface area contributed by atoms with E-state index in [9.17, 15) is 19.2 Å². The number of carbonyl (C=O) groups is 4. The molecule has 0 radical (unpaired) electrons. The van der Waals surface area contributed by atoms with Gasteiger partial charge in [-0.05, 0) is 65.4 Å². The van der Waals surface area contributed by atoms with Crippen molar-refractivity contribution in [1.82, 2.24) is 4.98 Å². The molecule has 188 valence electrons. The SMILES string of the molecule is CCOC(=O)CCCCC(C(=O)COCC1CC1)(C(=O)OC(C)(C)C)C(=O)c1cncc(Cl)c1. The van der Waals surface area contributed by atoms with Crippen molar-refractivity contribution in [3.8, 4) is 0 Å². The summed E-state index contributed by atoms with van der Waals surface area (Å²) in [6, 6.07) is 1.37. The van der Waals surface area contributed by atoms with Crippen LogP contribution in [0, 0.1) is 11.3 Å². The normalized spacial score (nSPS) is 15.3. The van der Waals surface area contributed by atoms with Crippen LogP contribution >= 0.6 is 11.6 Å². The average molecular weight is 496 g/mol. The third-order valence-corrected chi connectivity index (χ3v) is 5.56. The van der Waals surface area contributed by atoms with Crippen LogP contribution in [0.4, 0.5) is 0 Å². The van der Waals surface area contributed by atoms with Crippen molar-refractivity contribution >= 4 is 35.1 Å². The number of aromatic nitrogens is 1.